The van der Waals surface area contributed by atoms with E-state index >= 15 is 0 Å². The Hall–Kier alpha value is -3.18. The molecule has 0 aliphatic rings. The van der Waals surface area contributed by atoms with Gasteiger partial charge in [0, 0.05) is 5.56 Å². The summed E-state index contributed by atoms with van der Waals surface area (Å²) < 4.78 is 5.27. The molecule has 30 heavy (non-hydrogen) atoms. The molecule has 3 aromatic carbocycles. The summed E-state index contributed by atoms with van der Waals surface area (Å²) >= 11 is 0. The fourth-order valence-electron chi connectivity index (χ4n) is 3.59. The molecule has 0 saturated heterocycles. The van der Waals surface area contributed by atoms with Crippen molar-refractivity contribution in [3.05, 3.63) is 77.9 Å². The minimum Gasteiger partial charge on any atom is -0.497 e. The summed E-state index contributed by atoms with van der Waals surface area (Å²) in [5.74, 6) is 0.689. The van der Waals surface area contributed by atoms with Crippen molar-refractivity contribution in [2.45, 2.75) is 25.9 Å². The third kappa shape index (κ3) is 5.91. The molecule has 0 fully saturated rings. The lowest BCUT2D eigenvalue weighted by molar-refractivity contribution is -0.885. The van der Waals surface area contributed by atoms with Gasteiger partial charge in [0.15, 0.2) is 12.3 Å². The van der Waals surface area contributed by atoms with E-state index in [0.29, 0.717) is 13.0 Å². The number of ketones is 1. The van der Waals surface area contributed by atoms with Crippen LogP contribution in [0.4, 0.5) is 0 Å². The van der Waals surface area contributed by atoms with E-state index in [0.717, 1.165) is 39.1 Å². The highest BCUT2D eigenvalue weighted by atomic mass is 16.5. The van der Waals surface area contributed by atoms with Crippen LogP contribution in [-0.2, 0) is 22.6 Å². The number of benzene rings is 3. The zero-order valence-electron chi connectivity index (χ0n) is 17.8. The van der Waals surface area contributed by atoms with E-state index in [1.807, 2.05) is 55.6 Å². The van der Waals surface area contributed by atoms with Crippen molar-refractivity contribution < 1.29 is 19.2 Å². The second-order valence-electron chi connectivity index (χ2n) is 7.78. The number of fused-ring (bicyclic) bond motifs is 1. The van der Waals surface area contributed by atoms with Gasteiger partial charge in [-0.05, 0) is 47.9 Å². The van der Waals surface area contributed by atoms with Crippen LogP contribution >= 0.6 is 0 Å². The summed E-state index contributed by atoms with van der Waals surface area (Å²) in [7, 11) is 3.65. The molecule has 0 aliphatic heterocycles. The maximum atomic E-state index is 12.5. The van der Waals surface area contributed by atoms with Gasteiger partial charge in [0.1, 0.15) is 12.3 Å². The van der Waals surface area contributed by atoms with Gasteiger partial charge in [0.2, 0.25) is 0 Å². The molecule has 5 heteroatoms. The molecule has 0 bridgehead atoms. The van der Waals surface area contributed by atoms with Crippen LogP contribution in [0.3, 0.4) is 0 Å². The number of rotatable bonds is 9. The average Bonchev–Trinajstić information content (AvgIpc) is 2.73. The molecule has 1 amide bonds. The van der Waals surface area contributed by atoms with E-state index in [2.05, 4.69) is 23.5 Å². The van der Waals surface area contributed by atoms with E-state index < -0.39 is 6.04 Å². The predicted molar refractivity (Wildman–Crippen MR) is 119 cm³/mol. The smallest absolute Gasteiger partial charge is 0.275 e. The fourth-order valence-corrected chi connectivity index (χ4v) is 3.59. The SMILES string of the molecule is COc1ccc2cc(C[NH+](C)CC(=O)N[C@@H](Cc3ccccc3)C(C)=O)ccc2c1. The van der Waals surface area contributed by atoms with E-state index in [-0.39, 0.29) is 11.7 Å². The number of likely N-dealkylation sites (N-methyl/N-ethyl adjacent to an activating group) is 1. The van der Waals surface area contributed by atoms with Gasteiger partial charge in [0.05, 0.1) is 20.2 Å². The number of quaternary nitrogens is 1. The minimum absolute atomic E-state index is 0.0326. The Morgan fingerprint density at radius 2 is 1.67 bits per heavy atom. The first-order valence-corrected chi connectivity index (χ1v) is 10.2. The largest absolute Gasteiger partial charge is 0.497 e. The third-order valence-corrected chi connectivity index (χ3v) is 5.19. The van der Waals surface area contributed by atoms with Gasteiger partial charge in [-0.3, -0.25) is 9.59 Å². The lowest BCUT2D eigenvalue weighted by atomic mass is 10.0. The summed E-state index contributed by atoms with van der Waals surface area (Å²) in [6.45, 7) is 2.55. The Bertz CT molecular complexity index is 1020. The number of amides is 1. The summed E-state index contributed by atoms with van der Waals surface area (Å²) in [5, 5.41) is 5.17. The van der Waals surface area contributed by atoms with Crippen molar-refractivity contribution in [1.82, 2.24) is 5.32 Å². The first-order chi connectivity index (χ1) is 14.4. The number of Topliss-reactive ketones (excluding diaryl/α,β-unsaturated/α-hetero) is 1. The highest BCUT2D eigenvalue weighted by molar-refractivity contribution is 5.88. The van der Waals surface area contributed by atoms with Gasteiger partial charge in [0.25, 0.3) is 5.91 Å². The second kappa shape index (κ2) is 10.0. The van der Waals surface area contributed by atoms with Crippen molar-refractivity contribution in [3.8, 4) is 5.75 Å². The zero-order chi connectivity index (χ0) is 21.5. The Morgan fingerprint density at radius 3 is 2.37 bits per heavy atom. The zero-order valence-corrected chi connectivity index (χ0v) is 17.8. The van der Waals surface area contributed by atoms with Crippen LogP contribution < -0.4 is 15.0 Å². The maximum Gasteiger partial charge on any atom is 0.275 e. The quantitative estimate of drug-likeness (QED) is 0.574. The molecular weight excluding hydrogens is 376 g/mol. The molecular formula is C25H29N2O3+. The van der Waals surface area contributed by atoms with Crippen LogP contribution in [0, 0.1) is 0 Å². The predicted octanol–water partition coefficient (Wildman–Crippen LogP) is 2.18. The lowest BCUT2D eigenvalue weighted by Crippen LogP contribution is -3.09. The van der Waals surface area contributed by atoms with Gasteiger partial charge in [-0.1, -0.05) is 48.5 Å². The molecule has 0 radical (unpaired) electrons. The highest BCUT2D eigenvalue weighted by Gasteiger charge is 2.20. The topological polar surface area (TPSA) is 59.8 Å². The van der Waals surface area contributed by atoms with E-state index in [4.69, 9.17) is 4.74 Å². The van der Waals surface area contributed by atoms with Gasteiger partial charge < -0.3 is 15.0 Å². The molecule has 0 aromatic heterocycles. The Morgan fingerprint density at radius 1 is 0.967 bits per heavy atom. The first-order valence-electron chi connectivity index (χ1n) is 10.2. The molecule has 2 N–H and O–H groups in total. The molecule has 1 unspecified atom stereocenters. The molecule has 0 spiro atoms. The second-order valence-corrected chi connectivity index (χ2v) is 7.78. The number of carbonyl (C=O) groups is 2. The summed E-state index contributed by atoms with van der Waals surface area (Å²) in [6.07, 6.45) is 0.509. The molecule has 3 aromatic rings. The van der Waals surface area contributed by atoms with Crippen LogP contribution in [-0.4, -0.2) is 38.4 Å². The maximum absolute atomic E-state index is 12.5. The van der Waals surface area contributed by atoms with Gasteiger partial charge in [-0.2, -0.15) is 0 Å². The van der Waals surface area contributed by atoms with E-state index in [1.165, 1.54) is 6.92 Å². The van der Waals surface area contributed by atoms with Crippen molar-refractivity contribution in [2.24, 2.45) is 0 Å². The van der Waals surface area contributed by atoms with Crippen LogP contribution in [0.25, 0.3) is 10.8 Å². The fraction of sp³-hybridized carbons (Fsp3) is 0.280. The molecule has 2 atom stereocenters. The van der Waals surface area contributed by atoms with Gasteiger partial charge >= 0.3 is 0 Å². The number of hydrogen-bond donors (Lipinski definition) is 2. The number of hydrogen-bond acceptors (Lipinski definition) is 3. The van der Waals surface area contributed by atoms with Crippen molar-refractivity contribution >= 4 is 22.5 Å². The molecule has 0 heterocycles. The van der Waals surface area contributed by atoms with Crippen LogP contribution in [0.1, 0.15) is 18.1 Å². The molecule has 0 saturated carbocycles. The highest BCUT2D eigenvalue weighted by Crippen LogP contribution is 2.21. The molecule has 0 aliphatic carbocycles. The first kappa shape index (κ1) is 21.5. The third-order valence-electron chi connectivity index (χ3n) is 5.19. The Balaban J connectivity index is 1.58. The number of nitrogens with one attached hydrogen (secondary N) is 2. The Kier molecular flexibility index (Phi) is 7.20. The number of carbonyl (C=O) groups excluding carboxylic acids is 2. The van der Waals surface area contributed by atoms with Crippen LogP contribution in [0.5, 0.6) is 5.75 Å². The minimum atomic E-state index is -0.497. The standard InChI is InChI=1S/C25H28N2O3/c1-18(28)24(14-19-7-5-4-6-8-19)26-25(29)17-27(2)16-20-9-10-22-15-23(30-3)12-11-21(22)13-20/h4-13,15,24H,14,16-17H2,1-3H3,(H,26,29)/p+1/t24-/m0/s1. The van der Waals surface area contributed by atoms with Crippen molar-refractivity contribution in [2.75, 3.05) is 20.7 Å². The lowest BCUT2D eigenvalue weighted by Gasteiger charge is -2.18. The summed E-state index contributed by atoms with van der Waals surface area (Å²) in [6, 6.07) is 21.5. The van der Waals surface area contributed by atoms with Gasteiger partial charge in [-0.25, -0.2) is 0 Å². The number of methoxy groups -OCH3 is 1. The molecule has 3 rings (SSSR count). The normalized spacial score (nSPS) is 12.9. The van der Waals surface area contributed by atoms with Crippen molar-refractivity contribution in [1.29, 1.82) is 0 Å². The molecule has 156 valence electrons. The van der Waals surface area contributed by atoms with Crippen LogP contribution in [0.15, 0.2) is 66.7 Å². The monoisotopic (exact) mass is 405 g/mol. The van der Waals surface area contributed by atoms with E-state index in [1.54, 1.807) is 7.11 Å². The molecule has 5 nitrogen and oxygen atoms in total. The van der Waals surface area contributed by atoms with Crippen molar-refractivity contribution in [3.63, 3.8) is 0 Å². The summed E-state index contributed by atoms with van der Waals surface area (Å²) in [4.78, 5) is 25.6. The number of ether oxygens (including phenoxy) is 1. The van der Waals surface area contributed by atoms with E-state index in [9.17, 15) is 9.59 Å². The van der Waals surface area contributed by atoms with Crippen LogP contribution in [0.2, 0.25) is 0 Å². The Labute approximate surface area is 177 Å². The average molecular weight is 406 g/mol. The van der Waals surface area contributed by atoms with Gasteiger partial charge in [-0.15, -0.1) is 0 Å². The summed E-state index contributed by atoms with van der Waals surface area (Å²) in [5.41, 5.74) is 2.19.